The first-order chi connectivity index (χ1) is 10.1. The van der Waals surface area contributed by atoms with Gasteiger partial charge in [-0.05, 0) is 18.2 Å². The minimum atomic E-state index is -4.58. The van der Waals surface area contributed by atoms with Crippen molar-refractivity contribution in [2.75, 3.05) is 27.2 Å². The number of nitrogens with one attached hydrogen (secondary N) is 2. The number of hydrogen-bond donors (Lipinski definition) is 2. The van der Waals surface area contributed by atoms with Crippen molar-refractivity contribution in [3.05, 3.63) is 34.3 Å². The summed E-state index contributed by atoms with van der Waals surface area (Å²) in [7, 11) is 3.11. The van der Waals surface area contributed by atoms with Crippen molar-refractivity contribution in [3.8, 4) is 0 Å². The van der Waals surface area contributed by atoms with Crippen LogP contribution in [0.3, 0.4) is 0 Å². The molecule has 0 unspecified atom stereocenters. The largest absolute Gasteiger partial charge is 0.416 e. The zero-order chi connectivity index (χ0) is 16.9. The molecule has 9 heteroatoms. The van der Waals surface area contributed by atoms with Crippen LogP contribution in [0.1, 0.15) is 15.9 Å². The van der Waals surface area contributed by atoms with Crippen LogP contribution in [0, 0.1) is 0 Å². The monoisotopic (exact) mass is 337 g/mol. The van der Waals surface area contributed by atoms with E-state index in [1.807, 2.05) is 0 Å². The highest BCUT2D eigenvalue weighted by Gasteiger charge is 2.31. The number of nitrogens with zero attached hydrogens (tertiary/aromatic N) is 1. The van der Waals surface area contributed by atoms with Crippen LogP contribution in [0.2, 0.25) is 5.02 Å². The molecule has 0 fully saturated rings. The van der Waals surface area contributed by atoms with Gasteiger partial charge in [0, 0.05) is 37.8 Å². The number of benzene rings is 1. The molecule has 0 saturated heterocycles. The quantitative estimate of drug-likeness (QED) is 0.829. The molecule has 0 aliphatic rings. The second kappa shape index (κ2) is 7.35. The van der Waals surface area contributed by atoms with E-state index in [-0.39, 0.29) is 29.7 Å². The van der Waals surface area contributed by atoms with Crippen LogP contribution in [0.15, 0.2) is 18.2 Å². The van der Waals surface area contributed by atoms with E-state index in [1.165, 1.54) is 4.90 Å². The van der Waals surface area contributed by atoms with Crippen molar-refractivity contribution >= 4 is 23.5 Å². The topological polar surface area (TPSA) is 61.4 Å². The van der Waals surface area contributed by atoms with Crippen molar-refractivity contribution in [1.82, 2.24) is 15.5 Å². The molecule has 0 aliphatic heterocycles. The van der Waals surface area contributed by atoms with E-state index in [4.69, 9.17) is 11.6 Å². The summed E-state index contributed by atoms with van der Waals surface area (Å²) in [6, 6.07) is 2.27. The highest BCUT2D eigenvalue weighted by molar-refractivity contribution is 6.31. The van der Waals surface area contributed by atoms with E-state index < -0.39 is 17.6 Å². The first-order valence-electron chi connectivity index (χ1n) is 6.22. The van der Waals surface area contributed by atoms with Gasteiger partial charge in [0.1, 0.15) is 0 Å². The molecule has 0 spiro atoms. The molecule has 22 heavy (non-hydrogen) atoms. The maximum atomic E-state index is 12.6. The summed E-state index contributed by atoms with van der Waals surface area (Å²) in [6.07, 6.45) is -4.58. The summed E-state index contributed by atoms with van der Waals surface area (Å²) in [5.41, 5.74) is -1.19. The third-order valence-corrected chi connectivity index (χ3v) is 2.80. The molecule has 0 heterocycles. The van der Waals surface area contributed by atoms with E-state index in [0.717, 1.165) is 18.2 Å². The number of carbonyl (C=O) groups excluding carboxylic acids is 2. The van der Waals surface area contributed by atoms with Crippen LogP contribution >= 0.6 is 11.6 Å². The predicted molar refractivity (Wildman–Crippen MR) is 75.9 cm³/mol. The fourth-order valence-corrected chi connectivity index (χ4v) is 1.73. The Kier molecular flexibility index (Phi) is 6.04. The molecule has 5 nitrogen and oxygen atoms in total. The van der Waals surface area contributed by atoms with Gasteiger partial charge in [-0.1, -0.05) is 11.6 Å². The Hall–Kier alpha value is -1.96. The molecule has 0 aromatic heterocycles. The highest BCUT2D eigenvalue weighted by atomic mass is 35.5. The molecule has 1 aromatic rings. The Labute approximate surface area is 130 Å². The molecule has 0 bridgehead atoms. The van der Waals surface area contributed by atoms with Crippen LogP contribution < -0.4 is 10.6 Å². The van der Waals surface area contributed by atoms with Gasteiger partial charge in [-0.3, -0.25) is 4.79 Å². The van der Waals surface area contributed by atoms with E-state index in [1.54, 1.807) is 14.1 Å². The SMILES string of the molecule is CN(C)C(=O)NCCNC(=O)c1cc(Cl)cc(C(F)(F)F)c1. The predicted octanol–water partition coefficient (Wildman–Crippen LogP) is 2.36. The Morgan fingerprint density at radius 1 is 1.14 bits per heavy atom. The van der Waals surface area contributed by atoms with Gasteiger partial charge in [0.05, 0.1) is 5.56 Å². The summed E-state index contributed by atoms with van der Waals surface area (Å²) in [4.78, 5) is 24.3. The van der Waals surface area contributed by atoms with Gasteiger partial charge in [0.25, 0.3) is 5.91 Å². The second-order valence-corrected chi connectivity index (χ2v) is 5.05. The molecule has 0 atom stereocenters. The molecule has 1 aromatic carbocycles. The number of alkyl halides is 3. The lowest BCUT2D eigenvalue weighted by molar-refractivity contribution is -0.137. The maximum Gasteiger partial charge on any atom is 0.416 e. The molecular weight excluding hydrogens is 323 g/mol. The van der Waals surface area contributed by atoms with Gasteiger partial charge in [0.15, 0.2) is 0 Å². The Bertz CT molecular complexity index is 562. The van der Waals surface area contributed by atoms with Crippen LogP contribution in [0.4, 0.5) is 18.0 Å². The van der Waals surface area contributed by atoms with Crippen LogP contribution in [0.25, 0.3) is 0 Å². The zero-order valence-corrected chi connectivity index (χ0v) is 12.7. The van der Waals surface area contributed by atoms with Gasteiger partial charge in [0.2, 0.25) is 0 Å². The van der Waals surface area contributed by atoms with Gasteiger partial charge in [-0.2, -0.15) is 13.2 Å². The number of urea groups is 1. The minimum absolute atomic E-state index is 0.0757. The minimum Gasteiger partial charge on any atom is -0.350 e. The Balaban J connectivity index is 2.63. The number of halogens is 4. The Morgan fingerprint density at radius 2 is 1.73 bits per heavy atom. The summed E-state index contributed by atoms with van der Waals surface area (Å²) in [6.45, 7) is 0.224. The molecule has 0 aliphatic carbocycles. The molecular formula is C13H15ClF3N3O2. The summed E-state index contributed by atoms with van der Waals surface area (Å²) in [5, 5.41) is 4.72. The van der Waals surface area contributed by atoms with E-state index >= 15 is 0 Å². The standard InChI is InChI=1S/C13H15ClF3N3O2/c1-20(2)12(22)19-4-3-18-11(21)8-5-9(13(15,16)17)7-10(14)6-8/h5-7H,3-4H2,1-2H3,(H,18,21)(H,19,22). The third kappa shape index (κ3) is 5.44. The average molecular weight is 338 g/mol. The van der Waals surface area contributed by atoms with Gasteiger partial charge in [-0.25, -0.2) is 4.79 Å². The summed E-state index contributed by atoms with van der Waals surface area (Å²) >= 11 is 5.60. The normalized spacial score (nSPS) is 11.0. The smallest absolute Gasteiger partial charge is 0.350 e. The summed E-state index contributed by atoms with van der Waals surface area (Å²) < 4.78 is 37.9. The van der Waals surface area contributed by atoms with Gasteiger partial charge >= 0.3 is 12.2 Å². The van der Waals surface area contributed by atoms with Crippen molar-refractivity contribution in [2.45, 2.75) is 6.18 Å². The molecule has 0 radical (unpaired) electrons. The number of rotatable bonds is 4. The lowest BCUT2D eigenvalue weighted by atomic mass is 10.1. The van der Waals surface area contributed by atoms with Gasteiger partial charge < -0.3 is 15.5 Å². The first-order valence-corrected chi connectivity index (χ1v) is 6.60. The van der Waals surface area contributed by atoms with E-state index in [2.05, 4.69) is 10.6 Å². The van der Waals surface area contributed by atoms with Crippen molar-refractivity contribution in [2.24, 2.45) is 0 Å². The van der Waals surface area contributed by atoms with Gasteiger partial charge in [-0.15, -0.1) is 0 Å². The van der Waals surface area contributed by atoms with Crippen molar-refractivity contribution in [3.63, 3.8) is 0 Å². The fraction of sp³-hybridized carbons (Fsp3) is 0.385. The molecule has 2 N–H and O–H groups in total. The number of hydrogen-bond acceptors (Lipinski definition) is 2. The molecule has 122 valence electrons. The fourth-order valence-electron chi connectivity index (χ4n) is 1.49. The zero-order valence-electron chi connectivity index (χ0n) is 11.9. The van der Waals surface area contributed by atoms with Crippen molar-refractivity contribution < 1.29 is 22.8 Å². The first kappa shape index (κ1) is 18.1. The number of carbonyl (C=O) groups is 2. The van der Waals surface area contributed by atoms with E-state index in [0.29, 0.717) is 0 Å². The van der Waals surface area contributed by atoms with Crippen molar-refractivity contribution in [1.29, 1.82) is 0 Å². The van der Waals surface area contributed by atoms with Crippen LogP contribution in [-0.2, 0) is 6.18 Å². The molecule has 1 rings (SSSR count). The molecule has 3 amide bonds. The second-order valence-electron chi connectivity index (χ2n) is 4.61. The lowest BCUT2D eigenvalue weighted by Gasteiger charge is -2.13. The van der Waals surface area contributed by atoms with Crippen LogP contribution in [0.5, 0.6) is 0 Å². The Morgan fingerprint density at radius 3 is 2.27 bits per heavy atom. The van der Waals surface area contributed by atoms with E-state index in [9.17, 15) is 22.8 Å². The van der Waals surface area contributed by atoms with Crippen LogP contribution in [-0.4, -0.2) is 44.0 Å². The third-order valence-electron chi connectivity index (χ3n) is 2.58. The maximum absolute atomic E-state index is 12.6. The summed E-state index contributed by atoms with van der Waals surface area (Å²) in [5.74, 6) is -0.702. The molecule has 0 saturated carbocycles. The average Bonchev–Trinajstić information content (AvgIpc) is 2.41. The highest BCUT2D eigenvalue weighted by Crippen LogP contribution is 2.31. The lowest BCUT2D eigenvalue weighted by Crippen LogP contribution is -2.39. The number of amides is 3.